The topological polar surface area (TPSA) is 105 Å². The second-order valence-corrected chi connectivity index (χ2v) is 12.4. The number of esters is 4. The van der Waals surface area contributed by atoms with Gasteiger partial charge in [-0.2, -0.15) is 0 Å². The molecule has 0 N–H and O–H groups in total. The SMILES string of the molecule is CCCCCc1ccc(C(=O)Oc2ccc(C(=O)OC(C)C(C)OC(=O)c3ccc(OC(=O)c4ccc(CCCCC)cc4)cc3)cc2)cc1. The van der Waals surface area contributed by atoms with E-state index in [1.165, 1.54) is 72.5 Å². The van der Waals surface area contributed by atoms with Crippen LogP contribution in [0.15, 0.2) is 97.1 Å². The summed E-state index contributed by atoms with van der Waals surface area (Å²) in [7, 11) is 0. The molecule has 0 aliphatic carbocycles. The van der Waals surface area contributed by atoms with E-state index in [0.717, 1.165) is 38.5 Å². The smallest absolute Gasteiger partial charge is 0.343 e. The second-order valence-electron chi connectivity index (χ2n) is 12.4. The van der Waals surface area contributed by atoms with Crippen molar-refractivity contribution in [2.24, 2.45) is 0 Å². The normalized spacial score (nSPS) is 12.0. The van der Waals surface area contributed by atoms with Gasteiger partial charge in [0.05, 0.1) is 22.3 Å². The Hall–Kier alpha value is -5.24. The molecule has 8 nitrogen and oxygen atoms in total. The molecule has 0 fully saturated rings. The molecule has 8 heteroatoms. The van der Waals surface area contributed by atoms with Crippen LogP contribution in [0.25, 0.3) is 0 Å². The summed E-state index contributed by atoms with van der Waals surface area (Å²) in [6.07, 6.45) is 7.33. The fourth-order valence-corrected chi connectivity index (χ4v) is 5.09. The van der Waals surface area contributed by atoms with E-state index in [-0.39, 0.29) is 11.1 Å². The Kier molecular flexibility index (Phi) is 14.3. The third kappa shape index (κ3) is 11.4. The van der Waals surface area contributed by atoms with Crippen LogP contribution in [0.5, 0.6) is 11.5 Å². The molecule has 0 saturated heterocycles. The molecule has 0 bridgehead atoms. The average Bonchev–Trinajstić information content (AvgIpc) is 3.13. The van der Waals surface area contributed by atoms with Crippen molar-refractivity contribution in [1.82, 2.24) is 0 Å². The highest BCUT2D eigenvalue weighted by Crippen LogP contribution is 2.20. The molecule has 4 aromatic rings. The first kappa shape index (κ1) is 37.6. The van der Waals surface area contributed by atoms with E-state index in [9.17, 15) is 19.2 Å². The maximum atomic E-state index is 12.8. The minimum Gasteiger partial charge on any atom is -0.455 e. The minimum absolute atomic E-state index is 0.250. The van der Waals surface area contributed by atoms with Gasteiger partial charge in [0, 0.05) is 0 Å². The molecule has 0 aliphatic heterocycles. The van der Waals surface area contributed by atoms with Gasteiger partial charge in [0.1, 0.15) is 23.7 Å². The molecular formula is C42H46O8. The largest absolute Gasteiger partial charge is 0.455 e. The summed E-state index contributed by atoms with van der Waals surface area (Å²) in [5, 5.41) is 0. The molecule has 0 heterocycles. The third-order valence-corrected chi connectivity index (χ3v) is 8.37. The van der Waals surface area contributed by atoms with E-state index in [1.807, 2.05) is 24.3 Å². The van der Waals surface area contributed by atoms with Crippen LogP contribution in [-0.4, -0.2) is 36.1 Å². The Morgan fingerprint density at radius 3 is 1.06 bits per heavy atom. The average molecular weight is 679 g/mol. The van der Waals surface area contributed by atoms with Gasteiger partial charge < -0.3 is 18.9 Å². The van der Waals surface area contributed by atoms with Crippen LogP contribution in [0.3, 0.4) is 0 Å². The molecule has 2 atom stereocenters. The summed E-state index contributed by atoms with van der Waals surface area (Å²) in [5.41, 5.74) is 3.75. The Morgan fingerprint density at radius 2 is 0.740 bits per heavy atom. The summed E-state index contributed by atoms with van der Waals surface area (Å²) in [4.78, 5) is 50.8. The van der Waals surface area contributed by atoms with Gasteiger partial charge in [-0.25, -0.2) is 19.2 Å². The maximum Gasteiger partial charge on any atom is 0.343 e. The zero-order chi connectivity index (χ0) is 35.9. The van der Waals surface area contributed by atoms with Gasteiger partial charge in [0.2, 0.25) is 0 Å². The first-order valence-electron chi connectivity index (χ1n) is 17.4. The van der Waals surface area contributed by atoms with Gasteiger partial charge in [0.15, 0.2) is 0 Å². The van der Waals surface area contributed by atoms with Crippen molar-refractivity contribution in [3.8, 4) is 11.5 Å². The van der Waals surface area contributed by atoms with Gasteiger partial charge in [-0.3, -0.25) is 0 Å². The van der Waals surface area contributed by atoms with E-state index in [1.54, 1.807) is 38.1 Å². The highest BCUT2D eigenvalue weighted by atomic mass is 16.6. The van der Waals surface area contributed by atoms with Crippen molar-refractivity contribution >= 4 is 23.9 Å². The summed E-state index contributed by atoms with van der Waals surface area (Å²) in [6.45, 7) is 7.58. The number of hydrogen-bond acceptors (Lipinski definition) is 8. The molecule has 0 aliphatic rings. The molecule has 4 rings (SSSR count). The van der Waals surface area contributed by atoms with E-state index in [0.29, 0.717) is 22.6 Å². The molecule has 0 radical (unpaired) electrons. The van der Waals surface area contributed by atoms with Crippen molar-refractivity contribution in [3.05, 3.63) is 130 Å². The minimum atomic E-state index is -0.757. The van der Waals surface area contributed by atoms with Gasteiger partial charge in [0.25, 0.3) is 0 Å². The number of aryl methyl sites for hydroxylation is 2. The third-order valence-electron chi connectivity index (χ3n) is 8.37. The number of carbonyl (C=O) groups excluding carboxylic acids is 4. The number of unbranched alkanes of at least 4 members (excludes halogenated alkanes) is 4. The Bertz CT molecular complexity index is 1560. The van der Waals surface area contributed by atoms with Gasteiger partial charge in [-0.1, -0.05) is 63.8 Å². The lowest BCUT2D eigenvalue weighted by Gasteiger charge is -2.21. The number of rotatable bonds is 17. The molecule has 262 valence electrons. The monoisotopic (exact) mass is 678 g/mol. The Morgan fingerprint density at radius 1 is 0.440 bits per heavy atom. The molecule has 0 amide bonds. The maximum absolute atomic E-state index is 12.8. The van der Waals surface area contributed by atoms with Crippen LogP contribution in [-0.2, 0) is 22.3 Å². The summed E-state index contributed by atoms with van der Waals surface area (Å²) in [6, 6.07) is 26.9. The Labute approximate surface area is 294 Å². The molecule has 2 unspecified atom stereocenters. The standard InChI is InChI=1S/C42H46O8/c1-5-7-9-11-31-13-17-33(18-14-31)41(45)49-37-25-21-35(22-26-37)39(43)47-29(3)30(4)48-40(44)36-23-27-38(28-24-36)50-42(46)34-19-15-32(16-20-34)12-10-8-6-2/h13-30H,5-12H2,1-4H3. The lowest BCUT2D eigenvalue weighted by atomic mass is 10.1. The van der Waals surface area contributed by atoms with Crippen LogP contribution >= 0.6 is 0 Å². The number of carbonyl (C=O) groups is 4. The zero-order valence-corrected chi connectivity index (χ0v) is 29.3. The fourth-order valence-electron chi connectivity index (χ4n) is 5.09. The fraction of sp³-hybridized carbons (Fsp3) is 0.333. The molecule has 0 spiro atoms. The van der Waals surface area contributed by atoms with Crippen LogP contribution in [0.1, 0.15) is 119 Å². The molecule has 0 aromatic heterocycles. The van der Waals surface area contributed by atoms with Crippen molar-refractivity contribution in [1.29, 1.82) is 0 Å². The van der Waals surface area contributed by atoms with E-state index < -0.39 is 36.1 Å². The molecule has 0 saturated carbocycles. The first-order valence-corrected chi connectivity index (χ1v) is 17.4. The first-order chi connectivity index (χ1) is 24.2. The van der Waals surface area contributed by atoms with Crippen LogP contribution in [0.4, 0.5) is 0 Å². The number of ether oxygens (including phenoxy) is 4. The van der Waals surface area contributed by atoms with Gasteiger partial charge in [-0.15, -0.1) is 0 Å². The predicted molar refractivity (Wildman–Crippen MR) is 192 cm³/mol. The van der Waals surface area contributed by atoms with Crippen molar-refractivity contribution in [2.75, 3.05) is 0 Å². The molecule has 50 heavy (non-hydrogen) atoms. The second kappa shape index (κ2) is 19.1. The van der Waals surface area contributed by atoms with Crippen LogP contribution in [0, 0.1) is 0 Å². The quantitative estimate of drug-likeness (QED) is 0.0618. The lowest BCUT2D eigenvalue weighted by molar-refractivity contribution is -0.0239. The summed E-state index contributed by atoms with van der Waals surface area (Å²) >= 11 is 0. The Balaban J connectivity index is 1.22. The van der Waals surface area contributed by atoms with Crippen molar-refractivity contribution in [3.63, 3.8) is 0 Å². The summed E-state index contributed by atoms with van der Waals surface area (Å²) < 4.78 is 22.0. The highest BCUT2D eigenvalue weighted by Gasteiger charge is 2.23. The van der Waals surface area contributed by atoms with Crippen LogP contribution in [0.2, 0.25) is 0 Å². The highest BCUT2D eigenvalue weighted by molar-refractivity contribution is 5.93. The molecular weight excluding hydrogens is 632 g/mol. The summed E-state index contributed by atoms with van der Waals surface area (Å²) in [5.74, 6) is -1.62. The van der Waals surface area contributed by atoms with E-state index >= 15 is 0 Å². The van der Waals surface area contributed by atoms with E-state index in [2.05, 4.69) is 13.8 Å². The number of benzene rings is 4. The van der Waals surface area contributed by atoms with Crippen molar-refractivity contribution in [2.45, 2.75) is 91.3 Å². The predicted octanol–water partition coefficient (Wildman–Crippen LogP) is 9.38. The van der Waals surface area contributed by atoms with Crippen molar-refractivity contribution < 1.29 is 38.1 Å². The van der Waals surface area contributed by atoms with E-state index in [4.69, 9.17) is 18.9 Å². The lowest BCUT2D eigenvalue weighted by Crippen LogP contribution is -2.30. The zero-order valence-electron chi connectivity index (χ0n) is 29.3. The van der Waals surface area contributed by atoms with Crippen LogP contribution < -0.4 is 9.47 Å². The molecule has 4 aromatic carbocycles. The van der Waals surface area contributed by atoms with Gasteiger partial charge in [-0.05, 0) is 123 Å². The number of hydrogen-bond donors (Lipinski definition) is 0. The van der Waals surface area contributed by atoms with Gasteiger partial charge >= 0.3 is 23.9 Å².